The number of β-amino-alcohol motifs (C(OH)–C–C–N with tert-alkyl or cyclic N) is 1. The molecule has 4 heteroatoms. The minimum atomic E-state index is -0.609. The standard InChI is InChI=1S/C15H23N3O/c1-5-17-13-7-6-11(8-12(13)9-16)14(19)10-18-15(2,3)4/h6-8,14,17-19H,5,10H2,1-4H3. The van der Waals surface area contributed by atoms with E-state index in [1.165, 1.54) is 0 Å². The Balaban J connectivity index is 2.81. The van der Waals surface area contributed by atoms with E-state index in [2.05, 4.69) is 37.5 Å². The van der Waals surface area contributed by atoms with E-state index in [9.17, 15) is 5.11 Å². The Morgan fingerprint density at radius 1 is 1.37 bits per heavy atom. The van der Waals surface area contributed by atoms with Gasteiger partial charge < -0.3 is 15.7 Å². The van der Waals surface area contributed by atoms with Gasteiger partial charge in [0.05, 0.1) is 17.4 Å². The van der Waals surface area contributed by atoms with Gasteiger partial charge in [-0.1, -0.05) is 6.07 Å². The average Bonchev–Trinajstić information content (AvgIpc) is 2.36. The first kappa shape index (κ1) is 15.5. The van der Waals surface area contributed by atoms with Crippen molar-refractivity contribution >= 4 is 5.69 Å². The van der Waals surface area contributed by atoms with Crippen molar-refractivity contribution in [3.05, 3.63) is 29.3 Å². The van der Waals surface area contributed by atoms with Crippen LogP contribution in [0.1, 0.15) is 44.9 Å². The summed E-state index contributed by atoms with van der Waals surface area (Å²) in [6, 6.07) is 7.60. The molecule has 1 atom stereocenters. The molecule has 0 fully saturated rings. The van der Waals surface area contributed by atoms with Crippen molar-refractivity contribution in [1.29, 1.82) is 5.26 Å². The van der Waals surface area contributed by atoms with Crippen LogP contribution in [0.4, 0.5) is 5.69 Å². The lowest BCUT2D eigenvalue weighted by Gasteiger charge is -2.23. The predicted octanol–water partition coefficient (Wildman–Crippen LogP) is 2.41. The number of hydrogen-bond acceptors (Lipinski definition) is 4. The fraction of sp³-hybridized carbons (Fsp3) is 0.533. The molecule has 0 amide bonds. The van der Waals surface area contributed by atoms with E-state index in [-0.39, 0.29) is 5.54 Å². The third-order valence-corrected chi connectivity index (χ3v) is 2.74. The highest BCUT2D eigenvalue weighted by molar-refractivity contribution is 5.58. The van der Waals surface area contributed by atoms with Gasteiger partial charge >= 0.3 is 0 Å². The van der Waals surface area contributed by atoms with E-state index in [1.807, 2.05) is 19.1 Å². The Kier molecular flexibility index (Phi) is 5.34. The number of aliphatic hydroxyl groups is 1. The second kappa shape index (κ2) is 6.55. The van der Waals surface area contributed by atoms with E-state index in [0.717, 1.165) is 17.8 Å². The predicted molar refractivity (Wildman–Crippen MR) is 78.0 cm³/mol. The highest BCUT2D eigenvalue weighted by Crippen LogP contribution is 2.21. The van der Waals surface area contributed by atoms with Crippen LogP contribution in [0.2, 0.25) is 0 Å². The van der Waals surface area contributed by atoms with Gasteiger partial charge in [-0.15, -0.1) is 0 Å². The lowest BCUT2D eigenvalue weighted by Crippen LogP contribution is -2.38. The largest absolute Gasteiger partial charge is 0.387 e. The Bertz CT molecular complexity index is 457. The summed E-state index contributed by atoms with van der Waals surface area (Å²) >= 11 is 0. The third-order valence-electron chi connectivity index (χ3n) is 2.74. The summed E-state index contributed by atoms with van der Waals surface area (Å²) in [6.07, 6.45) is -0.609. The molecule has 1 rings (SSSR count). The van der Waals surface area contributed by atoms with Crippen LogP contribution >= 0.6 is 0 Å². The number of benzene rings is 1. The molecule has 0 aliphatic carbocycles. The van der Waals surface area contributed by atoms with E-state index < -0.39 is 6.10 Å². The molecule has 1 unspecified atom stereocenters. The fourth-order valence-electron chi connectivity index (χ4n) is 1.73. The molecular formula is C15H23N3O. The molecule has 0 heterocycles. The normalized spacial score (nSPS) is 12.8. The van der Waals surface area contributed by atoms with E-state index >= 15 is 0 Å². The maximum Gasteiger partial charge on any atom is 0.101 e. The molecule has 0 radical (unpaired) electrons. The molecule has 19 heavy (non-hydrogen) atoms. The number of nitrogens with one attached hydrogen (secondary N) is 2. The van der Waals surface area contributed by atoms with Gasteiger partial charge in [-0.25, -0.2) is 0 Å². The van der Waals surface area contributed by atoms with E-state index in [0.29, 0.717) is 12.1 Å². The second-order valence-corrected chi connectivity index (χ2v) is 5.59. The summed E-state index contributed by atoms with van der Waals surface area (Å²) in [5.74, 6) is 0. The van der Waals surface area contributed by atoms with E-state index in [4.69, 9.17) is 5.26 Å². The SMILES string of the molecule is CCNc1ccc(C(O)CNC(C)(C)C)cc1C#N. The summed E-state index contributed by atoms with van der Waals surface area (Å²) < 4.78 is 0. The molecule has 1 aromatic rings. The zero-order chi connectivity index (χ0) is 14.5. The Morgan fingerprint density at radius 3 is 2.58 bits per heavy atom. The number of aliphatic hydroxyl groups excluding tert-OH is 1. The van der Waals surface area contributed by atoms with Gasteiger partial charge in [0.1, 0.15) is 6.07 Å². The van der Waals surface area contributed by atoms with Gasteiger partial charge in [0.2, 0.25) is 0 Å². The molecule has 0 aromatic heterocycles. The highest BCUT2D eigenvalue weighted by atomic mass is 16.3. The molecule has 0 bridgehead atoms. The molecule has 3 N–H and O–H groups in total. The number of nitrogens with zero attached hydrogens (tertiary/aromatic N) is 1. The molecule has 4 nitrogen and oxygen atoms in total. The van der Waals surface area contributed by atoms with Gasteiger partial charge in [0, 0.05) is 18.6 Å². The van der Waals surface area contributed by atoms with Gasteiger partial charge in [-0.05, 0) is 45.4 Å². The molecule has 1 aromatic carbocycles. The van der Waals surface area contributed by atoms with Crippen LogP contribution in [-0.4, -0.2) is 23.7 Å². The second-order valence-electron chi connectivity index (χ2n) is 5.59. The van der Waals surface area contributed by atoms with Crippen molar-refractivity contribution in [1.82, 2.24) is 5.32 Å². The summed E-state index contributed by atoms with van der Waals surface area (Å²) in [6.45, 7) is 9.37. The number of nitriles is 1. The zero-order valence-corrected chi connectivity index (χ0v) is 12.1. The quantitative estimate of drug-likeness (QED) is 0.761. The van der Waals surface area contributed by atoms with Crippen LogP contribution in [0.3, 0.4) is 0 Å². The lowest BCUT2D eigenvalue weighted by molar-refractivity contribution is 0.163. The van der Waals surface area contributed by atoms with Gasteiger partial charge in [0.15, 0.2) is 0 Å². The fourth-order valence-corrected chi connectivity index (χ4v) is 1.73. The van der Waals surface area contributed by atoms with Crippen LogP contribution in [0, 0.1) is 11.3 Å². The smallest absolute Gasteiger partial charge is 0.101 e. The van der Waals surface area contributed by atoms with Crippen LogP contribution < -0.4 is 10.6 Å². The van der Waals surface area contributed by atoms with Crippen LogP contribution in [0.5, 0.6) is 0 Å². The Morgan fingerprint density at radius 2 is 2.05 bits per heavy atom. The first-order valence-electron chi connectivity index (χ1n) is 6.58. The summed E-state index contributed by atoms with van der Waals surface area (Å²) in [5.41, 5.74) is 2.09. The van der Waals surface area contributed by atoms with E-state index in [1.54, 1.807) is 6.07 Å². The van der Waals surface area contributed by atoms with Crippen molar-refractivity contribution < 1.29 is 5.11 Å². The monoisotopic (exact) mass is 261 g/mol. The molecule has 0 saturated heterocycles. The number of anilines is 1. The summed E-state index contributed by atoms with van der Waals surface area (Å²) in [5, 5.41) is 25.6. The van der Waals surface area contributed by atoms with Crippen molar-refractivity contribution in [2.75, 3.05) is 18.4 Å². The summed E-state index contributed by atoms with van der Waals surface area (Å²) in [7, 11) is 0. The third kappa shape index (κ3) is 4.90. The highest BCUT2D eigenvalue weighted by Gasteiger charge is 2.14. The molecule has 0 saturated carbocycles. The van der Waals surface area contributed by atoms with Gasteiger partial charge in [-0.2, -0.15) is 5.26 Å². The maximum atomic E-state index is 10.1. The maximum absolute atomic E-state index is 10.1. The minimum Gasteiger partial charge on any atom is -0.387 e. The number of rotatable bonds is 5. The average molecular weight is 261 g/mol. The minimum absolute atomic E-state index is 0.0389. The molecule has 0 aliphatic heterocycles. The van der Waals surface area contributed by atoms with Crippen LogP contribution in [0.25, 0.3) is 0 Å². The van der Waals surface area contributed by atoms with Gasteiger partial charge in [-0.3, -0.25) is 0 Å². The van der Waals surface area contributed by atoms with Crippen molar-refractivity contribution in [2.24, 2.45) is 0 Å². The number of hydrogen-bond donors (Lipinski definition) is 3. The molecule has 104 valence electrons. The Hall–Kier alpha value is -1.57. The molecule has 0 spiro atoms. The lowest BCUT2D eigenvalue weighted by atomic mass is 10.0. The first-order chi connectivity index (χ1) is 8.87. The molecular weight excluding hydrogens is 238 g/mol. The Labute approximate surface area is 115 Å². The molecule has 0 aliphatic rings. The zero-order valence-electron chi connectivity index (χ0n) is 12.1. The van der Waals surface area contributed by atoms with Crippen LogP contribution in [0.15, 0.2) is 18.2 Å². The summed E-state index contributed by atoms with van der Waals surface area (Å²) in [4.78, 5) is 0. The first-order valence-corrected chi connectivity index (χ1v) is 6.58. The van der Waals surface area contributed by atoms with Crippen molar-refractivity contribution in [3.63, 3.8) is 0 Å². The van der Waals surface area contributed by atoms with Crippen molar-refractivity contribution in [3.8, 4) is 6.07 Å². The topological polar surface area (TPSA) is 68.1 Å². The van der Waals surface area contributed by atoms with Gasteiger partial charge in [0.25, 0.3) is 0 Å². The van der Waals surface area contributed by atoms with Crippen LogP contribution in [-0.2, 0) is 0 Å². The van der Waals surface area contributed by atoms with Crippen molar-refractivity contribution in [2.45, 2.75) is 39.3 Å².